The zero-order valence-electron chi connectivity index (χ0n) is 15.3. The minimum atomic E-state index is -4.79. The summed E-state index contributed by atoms with van der Waals surface area (Å²) in [6.07, 6.45) is -4.79. The number of carbonyl (C=O) groups is 2. The first kappa shape index (κ1) is 21.4. The molecule has 28 heavy (non-hydrogen) atoms. The van der Waals surface area contributed by atoms with E-state index in [0.29, 0.717) is 0 Å². The maximum absolute atomic E-state index is 13.5. The van der Waals surface area contributed by atoms with E-state index in [9.17, 15) is 27.2 Å². The van der Waals surface area contributed by atoms with Crippen molar-refractivity contribution >= 4 is 11.8 Å². The molecule has 2 N–H and O–H groups in total. The Morgan fingerprint density at radius 2 is 1.46 bits per heavy atom. The Kier molecular flexibility index (Phi) is 6.77. The van der Waals surface area contributed by atoms with Crippen LogP contribution in [0.3, 0.4) is 0 Å². The van der Waals surface area contributed by atoms with Crippen LogP contribution in [-0.2, 0) is 4.79 Å². The van der Waals surface area contributed by atoms with E-state index in [1.807, 2.05) is 5.32 Å². The van der Waals surface area contributed by atoms with Crippen LogP contribution >= 0.6 is 0 Å². The smallest absolute Gasteiger partial charge is 0.340 e. The van der Waals surface area contributed by atoms with E-state index in [2.05, 4.69) is 5.32 Å². The van der Waals surface area contributed by atoms with Gasteiger partial charge >= 0.3 is 6.18 Å². The van der Waals surface area contributed by atoms with Gasteiger partial charge in [-0.15, -0.1) is 0 Å². The van der Waals surface area contributed by atoms with E-state index in [0.717, 1.165) is 24.3 Å². The van der Waals surface area contributed by atoms with Crippen molar-refractivity contribution in [3.05, 3.63) is 71.5 Å². The molecule has 4 nitrogen and oxygen atoms in total. The number of carbonyl (C=O) groups excluding carboxylic acids is 2. The molecular formula is C20H20F4N2O2. The molecule has 0 aliphatic rings. The molecule has 0 aliphatic heterocycles. The fraction of sp³-hybridized carbons (Fsp3) is 0.300. The van der Waals surface area contributed by atoms with Gasteiger partial charge in [-0.05, 0) is 35.7 Å². The molecule has 0 aromatic heterocycles. The Balaban J connectivity index is 2.20. The summed E-state index contributed by atoms with van der Waals surface area (Å²) in [4.78, 5) is 24.8. The molecule has 2 amide bonds. The molecule has 0 aliphatic carbocycles. The predicted octanol–water partition coefficient (Wildman–Crippen LogP) is 4.00. The maximum Gasteiger partial charge on any atom is 0.412 e. The summed E-state index contributed by atoms with van der Waals surface area (Å²) in [5.41, 5.74) is -0.0222. The SMILES string of the molecule is CC(C)C(NC(=O)c1ccccc1)C(=O)NC(c1ccc(F)cc1)C(F)(F)F. The second-order valence-corrected chi connectivity index (χ2v) is 6.60. The molecule has 0 bridgehead atoms. The lowest BCUT2D eigenvalue weighted by Crippen LogP contribution is -2.52. The van der Waals surface area contributed by atoms with Crippen molar-refractivity contribution in [2.24, 2.45) is 5.92 Å². The van der Waals surface area contributed by atoms with Crippen molar-refractivity contribution in [2.45, 2.75) is 32.1 Å². The van der Waals surface area contributed by atoms with E-state index < -0.39 is 41.8 Å². The van der Waals surface area contributed by atoms with Crippen LogP contribution < -0.4 is 10.6 Å². The lowest BCUT2D eigenvalue weighted by atomic mass is 10.0. The fourth-order valence-electron chi connectivity index (χ4n) is 2.59. The molecule has 2 rings (SSSR count). The fourth-order valence-corrected chi connectivity index (χ4v) is 2.59. The van der Waals surface area contributed by atoms with Gasteiger partial charge in [0, 0.05) is 5.56 Å². The molecule has 0 saturated carbocycles. The lowest BCUT2D eigenvalue weighted by Gasteiger charge is -2.27. The lowest BCUT2D eigenvalue weighted by molar-refractivity contribution is -0.164. The van der Waals surface area contributed by atoms with Gasteiger partial charge in [0.05, 0.1) is 0 Å². The second kappa shape index (κ2) is 8.86. The first-order valence-corrected chi connectivity index (χ1v) is 8.58. The Hall–Kier alpha value is -2.90. The Bertz CT molecular complexity index is 805. The summed E-state index contributed by atoms with van der Waals surface area (Å²) in [5, 5.41) is 4.40. The second-order valence-electron chi connectivity index (χ2n) is 6.60. The zero-order valence-corrected chi connectivity index (χ0v) is 15.3. The number of rotatable bonds is 6. The van der Waals surface area contributed by atoms with E-state index >= 15 is 0 Å². The number of halogens is 4. The molecule has 0 radical (unpaired) electrons. The molecule has 2 atom stereocenters. The van der Waals surface area contributed by atoms with Gasteiger partial charge in [0.25, 0.3) is 5.91 Å². The van der Waals surface area contributed by atoms with Crippen molar-refractivity contribution in [3.63, 3.8) is 0 Å². The topological polar surface area (TPSA) is 58.2 Å². The molecular weight excluding hydrogens is 376 g/mol. The van der Waals surface area contributed by atoms with E-state index in [1.54, 1.807) is 32.0 Å². The van der Waals surface area contributed by atoms with E-state index in [-0.39, 0.29) is 11.1 Å². The summed E-state index contributed by atoms with van der Waals surface area (Å²) >= 11 is 0. The van der Waals surface area contributed by atoms with Crippen LogP contribution in [0, 0.1) is 11.7 Å². The number of alkyl halides is 3. The molecule has 150 valence electrons. The largest absolute Gasteiger partial charge is 0.412 e. The third-order valence-electron chi connectivity index (χ3n) is 4.09. The molecule has 2 unspecified atom stereocenters. The molecule has 0 fully saturated rings. The highest BCUT2D eigenvalue weighted by molar-refractivity contribution is 5.97. The summed E-state index contributed by atoms with van der Waals surface area (Å²) < 4.78 is 53.4. The Morgan fingerprint density at radius 3 is 1.96 bits per heavy atom. The minimum absolute atomic E-state index is 0.284. The van der Waals surface area contributed by atoms with Crippen LogP contribution in [0.1, 0.15) is 35.8 Å². The van der Waals surface area contributed by atoms with Gasteiger partial charge in [0.15, 0.2) is 6.04 Å². The van der Waals surface area contributed by atoms with Crippen LogP contribution in [-0.4, -0.2) is 24.0 Å². The third kappa shape index (κ3) is 5.55. The summed E-state index contributed by atoms with van der Waals surface area (Å²) in [6.45, 7) is 3.21. The highest BCUT2D eigenvalue weighted by Crippen LogP contribution is 2.33. The third-order valence-corrected chi connectivity index (χ3v) is 4.09. The summed E-state index contributed by atoms with van der Waals surface area (Å²) in [5.74, 6) is -2.70. The minimum Gasteiger partial charge on any atom is -0.340 e. The molecule has 0 spiro atoms. The quantitative estimate of drug-likeness (QED) is 0.726. The van der Waals surface area contributed by atoms with Crippen LogP contribution in [0.25, 0.3) is 0 Å². The van der Waals surface area contributed by atoms with Crippen molar-refractivity contribution in [1.29, 1.82) is 0 Å². The van der Waals surface area contributed by atoms with Crippen LogP contribution in [0.5, 0.6) is 0 Å². The molecule has 2 aromatic carbocycles. The van der Waals surface area contributed by atoms with Gasteiger partial charge in [0.2, 0.25) is 5.91 Å². The standard InChI is InChI=1S/C20H20F4N2O2/c1-12(2)16(25-18(27)14-6-4-3-5-7-14)19(28)26-17(20(22,23)24)13-8-10-15(21)11-9-13/h3-12,16-17H,1-2H3,(H,25,27)(H,26,28). The highest BCUT2D eigenvalue weighted by atomic mass is 19.4. The zero-order chi connectivity index (χ0) is 20.9. The van der Waals surface area contributed by atoms with Gasteiger partial charge in [-0.1, -0.05) is 44.2 Å². The average Bonchev–Trinajstić information content (AvgIpc) is 2.64. The molecule has 0 heterocycles. The highest BCUT2D eigenvalue weighted by Gasteiger charge is 2.43. The number of hydrogen-bond donors (Lipinski definition) is 2. The monoisotopic (exact) mass is 396 g/mol. The van der Waals surface area contributed by atoms with Crippen molar-refractivity contribution in [2.75, 3.05) is 0 Å². The van der Waals surface area contributed by atoms with Crippen LogP contribution in [0.2, 0.25) is 0 Å². The van der Waals surface area contributed by atoms with Crippen LogP contribution in [0.15, 0.2) is 54.6 Å². The first-order valence-electron chi connectivity index (χ1n) is 8.58. The Labute approximate surface area is 159 Å². The van der Waals surface area contributed by atoms with E-state index in [1.165, 1.54) is 12.1 Å². The predicted molar refractivity (Wildman–Crippen MR) is 95.9 cm³/mol. The van der Waals surface area contributed by atoms with Gasteiger partial charge in [-0.25, -0.2) is 4.39 Å². The van der Waals surface area contributed by atoms with Crippen molar-refractivity contribution in [3.8, 4) is 0 Å². The molecule has 0 saturated heterocycles. The van der Waals surface area contributed by atoms with Crippen LogP contribution in [0.4, 0.5) is 17.6 Å². The van der Waals surface area contributed by atoms with Gasteiger partial charge in [-0.2, -0.15) is 13.2 Å². The number of nitrogens with one attached hydrogen (secondary N) is 2. The van der Waals surface area contributed by atoms with Gasteiger partial charge in [-0.3, -0.25) is 9.59 Å². The van der Waals surface area contributed by atoms with Crippen molar-refractivity contribution < 1.29 is 27.2 Å². The molecule has 8 heteroatoms. The normalized spacial score (nSPS) is 13.7. The van der Waals surface area contributed by atoms with Gasteiger partial charge in [0.1, 0.15) is 11.9 Å². The Morgan fingerprint density at radius 1 is 0.893 bits per heavy atom. The average molecular weight is 396 g/mol. The number of hydrogen-bond acceptors (Lipinski definition) is 2. The van der Waals surface area contributed by atoms with Crippen molar-refractivity contribution in [1.82, 2.24) is 10.6 Å². The first-order chi connectivity index (χ1) is 13.1. The summed E-state index contributed by atoms with van der Waals surface area (Å²) in [7, 11) is 0. The summed E-state index contributed by atoms with van der Waals surface area (Å²) in [6, 6.07) is 8.22. The number of amides is 2. The number of benzene rings is 2. The molecule has 2 aromatic rings. The van der Waals surface area contributed by atoms with E-state index in [4.69, 9.17) is 0 Å². The van der Waals surface area contributed by atoms with Gasteiger partial charge < -0.3 is 10.6 Å². The maximum atomic E-state index is 13.5.